The summed E-state index contributed by atoms with van der Waals surface area (Å²) in [5.74, 6) is 0.371. The van der Waals surface area contributed by atoms with Gasteiger partial charge < -0.3 is 10.1 Å². The largest absolute Gasteiger partial charge is 0.378 e. The highest BCUT2D eigenvalue weighted by Crippen LogP contribution is 2.24. The minimum Gasteiger partial charge on any atom is -0.378 e. The Kier molecular flexibility index (Phi) is 3.84. The first kappa shape index (κ1) is 13.3. The van der Waals surface area contributed by atoms with Gasteiger partial charge in [0.05, 0.1) is 13.2 Å². The molecule has 6 nitrogen and oxygen atoms in total. The molecule has 0 amide bonds. The van der Waals surface area contributed by atoms with Crippen molar-refractivity contribution >= 4 is 15.8 Å². The van der Waals surface area contributed by atoms with Gasteiger partial charge in [-0.1, -0.05) is 0 Å². The molecule has 2 rings (SSSR count). The summed E-state index contributed by atoms with van der Waals surface area (Å²) < 4.78 is 31.9. The van der Waals surface area contributed by atoms with Gasteiger partial charge in [0.2, 0.25) is 10.0 Å². The first-order valence-corrected chi connectivity index (χ1v) is 7.23. The van der Waals surface area contributed by atoms with Crippen LogP contribution in [0.4, 0.5) is 5.82 Å². The molecule has 18 heavy (non-hydrogen) atoms. The number of nitrogens with one attached hydrogen (secondary N) is 1. The van der Waals surface area contributed by atoms with Gasteiger partial charge in [-0.15, -0.1) is 0 Å². The van der Waals surface area contributed by atoms with E-state index in [1.165, 1.54) is 4.31 Å². The third kappa shape index (κ3) is 2.33. The maximum Gasteiger partial charge on any atom is 0.247 e. The summed E-state index contributed by atoms with van der Waals surface area (Å²) in [5.41, 5.74) is 0. The Labute approximate surface area is 107 Å². The molecule has 1 aliphatic rings. The summed E-state index contributed by atoms with van der Waals surface area (Å²) in [5, 5.41) is 2.81. The van der Waals surface area contributed by atoms with E-state index in [4.69, 9.17) is 4.74 Å². The molecular formula is C11H17N3O3S. The van der Waals surface area contributed by atoms with Gasteiger partial charge >= 0.3 is 0 Å². The summed E-state index contributed by atoms with van der Waals surface area (Å²) in [7, 11) is -1.87. The Bertz CT molecular complexity index is 518. The lowest BCUT2D eigenvalue weighted by Gasteiger charge is -2.32. The van der Waals surface area contributed by atoms with Gasteiger partial charge in [0.15, 0.2) is 0 Å². The molecule has 1 aliphatic heterocycles. The number of hydrogen-bond acceptors (Lipinski definition) is 5. The van der Waals surface area contributed by atoms with Crippen LogP contribution >= 0.6 is 0 Å². The zero-order valence-corrected chi connectivity index (χ0v) is 11.3. The molecule has 0 spiro atoms. The van der Waals surface area contributed by atoms with Crippen LogP contribution in [0.1, 0.15) is 6.92 Å². The molecule has 1 atom stereocenters. The second-order valence-corrected chi connectivity index (χ2v) is 6.00. The monoisotopic (exact) mass is 271 g/mol. The lowest BCUT2D eigenvalue weighted by atomic mass is 10.3. The predicted molar refractivity (Wildman–Crippen MR) is 68.0 cm³/mol. The van der Waals surface area contributed by atoms with Gasteiger partial charge in [0, 0.05) is 25.8 Å². The third-order valence-corrected chi connectivity index (χ3v) is 4.95. The van der Waals surface area contributed by atoms with Crippen molar-refractivity contribution in [2.45, 2.75) is 17.9 Å². The van der Waals surface area contributed by atoms with Gasteiger partial charge in [0.25, 0.3) is 0 Å². The van der Waals surface area contributed by atoms with E-state index in [2.05, 4.69) is 10.3 Å². The van der Waals surface area contributed by atoms with Gasteiger partial charge in [-0.2, -0.15) is 4.31 Å². The van der Waals surface area contributed by atoms with Gasteiger partial charge in [-0.05, 0) is 19.1 Å². The molecular weight excluding hydrogens is 254 g/mol. The SMILES string of the molecule is CNc1ncccc1S(=O)(=O)N1CCOCC1C. The van der Waals surface area contributed by atoms with Crippen LogP contribution in [-0.4, -0.2) is 50.6 Å². The zero-order chi connectivity index (χ0) is 13.2. The molecule has 1 unspecified atom stereocenters. The number of ether oxygens (including phenoxy) is 1. The molecule has 1 aromatic heterocycles. The summed E-state index contributed by atoms with van der Waals surface area (Å²) in [6.07, 6.45) is 1.56. The molecule has 7 heteroatoms. The van der Waals surface area contributed by atoms with Crippen LogP contribution < -0.4 is 5.32 Å². The van der Waals surface area contributed by atoms with Crippen molar-refractivity contribution in [1.29, 1.82) is 0 Å². The second kappa shape index (κ2) is 5.21. The van der Waals surface area contributed by atoms with Crippen molar-refractivity contribution in [2.75, 3.05) is 32.1 Å². The summed E-state index contributed by atoms with van der Waals surface area (Å²) in [6.45, 7) is 3.07. The smallest absolute Gasteiger partial charge is 0.247 e. The fourth-order valence-electron chi connectivity index (χ4n) is 1.98. The topological polar surface area (TPSA) is 71.5 Å². The average molecular weight is 271 g/mol. The Morgan fingerprint density at radius 3 is 3.00 bits per heavy atom. The van der Waals surface area contributed by atoms with Gasteiger partial charge in [-0.25, -0.2) is 13.4 Å². The lowest BCUT2D eigenvalue weighted by Crippen LogP contribution is -2.47. The first-order chi connectivity index (χ1) is 8.57. The highest BCUT2D eigenvalue weighted by Gasteiger charge is 2.33. The Hall–Kier alpha value is -1.18. The molecule has 0 saturated carbocycles. The van der Waals surface area contributed by atoms with E-state index in [-0.39, 0.29) is 10.9 Å². The number of sulfonamides is 1. The van der Waals surface area contributed by atoms with E-state index in [0.29, 0.717) is 25.6 Å². The molecule has 1 saturated heterocycles. The number of rotatable bonds is 3. The summed E-state index contributed by atoms with van der Waals surface area (Å²) >= 11 is 0. The van der Waals surface area contributed by atoms with Crippen LogP contribution in [0, 0.1) is 0 Å². The van der Waals surface area contributed by atoms with Gasteiger partial charge in [-0.3, -0.25) is 0 Å². The maximum atomic E-state index is 12.6. The lowest BCUT2D eigenvalue weighted by molar-refractivity contribution is 0.0393. The van der Waals surface area contributed by atoms with Crippen molar-refractivity contribution in [1.82, 2.24) is 9.29 Å². The number of pyridine rings is 1. The third-order valence-electron chi connectivity index (χ3n) is 2.90. The number of nitrogens with zero attached hydrogens (tertiary/aromatic N) is 2. The van der Waals surface area contributed by atoms with Gasteiger partial charge in [0.1, 0.15) is 10.7 Å². The summed E-state index contributed by atoms with van der Waals surface area (Å²) in [6, 6.07) is 3.03. The van der Waals surface area contributed by atoms with Crippen LogP contribution in [0.5, 0.6) is 0 Å². The van der Waals surface area contributed by atoms with Crippen molar-refractivity contribution < 1.29 is 13.2 Å². The molecule has 0 bridgehead atoms. The van der Waals surface area contributed by atoms with Crippen molar-refractivity contribution in [3.8, 4) is 0 Å². The minimum absolute atomic E-state index is 0.159. The average Bonchev–Trinajstić information content (AvgIpc) is 2.39. The highest BCUT2D eigenvalue weighted by molar-refractivity contribution is 7.89. The van der Waals surface area contributed by atoms with Crippen LogP contribution in [0.15, 0.2) is 23.2 Å². The molecule has 0 aliphatic carbocycles. The Morgan fingerprint density at radius 1 is 1.56 bits per heavy atom. The first-order valence-electron chi connectivity index (χ1n) is 5.79. The minimum atomic E-state index is -3.53. The molecule has 1 aromatic rings. The molecule has 1 fully saturated rings. The van der Waals surface area contributed by atoms with Crippen molar-refractivity contribution in [3.63, 3.8) is 0 Å². The van der Waals surface area contributed by atoms with E-state index in [9.17, 15) is 8.42 Å². The van der Waals surface area contributed by atoms with Crippen molar-refractivity contribution in [2.24, 2.45) is 0 Å². The van der Waals surface area contributed by atoms with Crippen LogP contribution in [-0.2, 0) is 14.8 Å². The highest BCUT2D eigenvalue weighted by atomic mass is 32.2. The van der Waals surface area contributed by atoms with E-state index >= 15 is 0 Å². The number of anilines is 1. The number of hydrogen-bond donors (Lipinski definition) is 1. The summed E-state index contributed by atoms with van der Waals surface area (Å²) in [4.78, 5) is 4.24. The standard InChI is InChI=1S/C11H17N3O3S/c1-9-8-17-7-6-14(9)18(15,16)10-4-3-5-13-11(10)12-2/h3-5,9H,6-8H2,1-2H3,(H,12,13). The van der Waals surface area contributed by atoms with E-state index in [1.807, 2.05) is 6.92 Å². The quantitative estimate of drug-likeness (QED) is 0.868. The molecule has 2 heterocycles. The number of aromatic nitrogens is 1. The van der Waals surface area contributed by atoms with E-state index in [0.717, 1.165) is 0 Å². The fourth-order valence-corrected chi connectivity index (χ4v) is 3.73. The van der Waals surface area contributed by atoms with Crippen LogP contribution in [0.2, 0.25) is 0 Å². The normalized spacial score (nSPS) is 21.8. The molecule has 1 N–H and O–H groups in total. The predicted octanol–water partition coefficient (Wildman–Crippen LogP) is 0.533. The Balaban J connectivity index is 2.41. The van der Waals surface area contributed by atoms with Crippen LogP contribution in [0.25, 0.3) is 0 Å². The van der Waals surface area contributed by atoms with E-state index in [1.54, 1.807) is 25.4 Å². The molecule has 0 radical (unpaired) electrons. The Morgan fingerprint density at radius 2 is 2.33 bits per heavy atom. The van der Waals surface area contributed by atoms with Crippen LogP contribution in [0.3, 0.4) is 0 Å². The fraction of sp³-hybridized carbons (Fsp3) is 0.545. The number of morpholine rings is 1. The zero-order valence-electron chi connectivity index (χ0n) is 10.5. The molecule has 100 valence electrons. The maximum absolute atomic E-state index is 12.6. The molecule has 0 aromatic carbocycles. The second-order valence-electron chi connectivity index (χ2n) is 4.14. The van der Waals surface area contributed by atoms with E-state index < -0.39 is 10.0 Å². The van der Waals surface area contributed by atoms with Crippen molar-refractivity contribution in [3.05, 3.63) is 18.3 Å².